The van der Waals surface area contributed by atoms with Crippen LogP contribution in [0.15, 0.2) is 36.4 Å². The number of carbonyl (C=O) groups is 2. The number of rotatable bonds is 6. The largest absolute Gasteiger partial charge is 0.486 e. The van der Waals surface area contributed by atoms with Crippen molar-refractivity contribution in [3.8, 4) is 11.5 Å². The van der Waals surface area contributed by atoms with Crippen LogP contribution in [-0.2, 0) is 11.2 Å². The zero-order valence-electron chi connectivity index (χ0n) is 17.2. The number of amides is 1. The van der Waals surface area contributed by atoms with Crippen LogP contribution in [0.2, 0.25) is 0 Å². The number of aryl methyl sites for hydroxylation is 1. The van der Waals surface area contributed by atoms with E-state index in [1.165, 1.54) is 38.1 Å². The van der Waals surface area contributed by atoms with Gasteiger partial charge in [0.05, 0.1) is 0 Å². The molecule has 0 radical (unpaired) electrons. The van der Waals surface area contributed by atoms with Crippen molar-refractivity contribution in [3.05, 3.63) is 59.2 Å². The van der Waals surface area contributed by atoms with Gasteiger partial charge in [0.25, 0.3) is 5.91 Å². The Bertz CT molecular complexity index is 913. The van der Waals surface area contributed by atoms with E-state index in [0.717, 1.165) is 37.1 Å². The maximum atomic E-state index is 13.8. The number of ketones is 1. The number of Topliss-reactive ketones (excluding diaryl/α,β-unsaturated/α-hetero) is 1. The highest BCUT2D eigenvalue weighted by Gasteiger charge is 2.18. The number of primary amides is 1. The van der Waals surface area contributed by atoms with Crippen LogP contribution < -0.4 is 15.2 Å². The van der Waals surface area contributed by atoms with E-state index in [9.17, 15) is 18.4 Å². The molecule has 0 bridgehead atoms. The number of likely N-dealkylation sites (tertiary alicyclic amines) is 1. The number of fused-ring (bicyclic) bond motifs is 1. The van der Waals surface area contributed by atoms with Gasteiger partial charge in [0.2, 0.25) is 5.78 Å². The lowest BCUT2D eigenvalue weighted by atomic mass is 10.1. The van der Waals surface area contributed by atoms with Crippen LogP contribution in [-0.4, -0.2) is 49.4 Å². The Morgan fingerprint density at radius 3 is 2.35 bits per heavy atom. The van der Waals surface area contributed by atoms with Gasteiger partial charge in [-0.05, 0) is 87.3 Å². The molecular weight excluding hydrogens is 406 g/mol. The van der Waals surface area contributed by atoms with Gasteiger partial charge >= 0.3 is 0 Å². The summed E-state index contributed by atoms with van der Waals surface area (Å²) < 4.78 is 36.9. The quantitative estimate of drug-likeness (QED) is 0.560. The fourth-order valence-corrected chi connectivity index (χ4v) is 3.57. The highest BCUT2D eigenvalue weighted by atomic mass is 19.1. The van der Waals surface area contributed by atoms with E-state index < -0.39 is 17.5 Å². The SMILES string of the molecule is Fc1cc(CCCN2CCCC2)cc2c1OCCO2.NC(=O)C(=O)c1ccc(F)cc1. The number of nitrogens with two attached hydrogens (primary N) is 1. The molecule has 0 unspecified atom stereocenters. The number of halogens is 2. The molecule has 31 heavy (non-hydrogen) atoms. The average Bonchev–Trinajstić information content (AvgIpc) is 3.28. The zero-order chi connectivity index (χ0) is 22.2. The van der Waals surface area contributed by atoms with Crippen LogP contribution in [0.3, 0.4) is 0 Å². The molecule has 0 aromatic heterocycles. The smallest absolute Gasteiger partial charge is 0.289 e. The van der Waals surface area contributed by atoms with Crippen molar-refractivity contribution in [3.63, 3.8) is 0 Å². The number of ether oxygens (including phenoxy) is 2. The summed E-state index contributed by atoms with van der Waals surface area (Å²) in [5, 5.41) is 0. The Kier molecular flexibility index (Phi) is 7.94. The van der Waals surface area contributed by atoms with Gasteiger partial charge in [-0.15, -0.1) is 0 Å². The molecule has 2 aromatic carbocycles. The molecule has 2 N–H and O–H groups in total. The highest BCUT2D eigenvalue weighted by molar-refractivity contribution is 6.42. The van der Waals surface area contributed by atoms with Gasteiger partial charge in [0.15, 0.2) is 17.3 Å². The Hall–Kier alpha value is -3.00. The summed E-state index contributed by atoms with van der Waals surface area (Å²) in [6, 6.07) is 8.11. The average molecular weight is 432 g/mol. The molecule has 2 heterocycles. The van der Waals surface area contributed by atoms with Crippen molar-refractivity contribution in [2.24, 2.45) is 5.73 Å². The van der Waals surface area contributed by atoms with Gasteiger partial charge in [-0.2, -0.15) is 0 Å². The van der Waals surface area contributed by atoms with Gasteiger partial charge in [-0.25, -0.2) is 8.78 Å². The van der Waals surface area contributed by atoms with Crippen molar-refractivity contribution in [2.45, 2.75) is 25.7 Å². The Morgan fingerprint density at radius 1 is 1.00 bits per heavy atom. The molecule has 1 amide bonds. The van der Waals surface area contributed by atoms with E-state index >= 15 is 0 Å². The van der Waals surface area contributed by atoms with Gasteiger partial charge in [-0.3, -0.25) is 9.59 Å². The highest BCUT2D eigenvalue weighted by Crippen LogP contribution is 2.34. The molecule has 1 saturated heterocycles. The summed E-state index contributed by atoms with van der Waals surface area (Å²) in [6.45, 7) is 4.48. The number of benzene rings is 2. The van der Waals surface area contributed by atoms with Gasteiger partial charge < -0.3 is 20.1 Å². The summed E-state index contributed by atoms with van der Waals surface area (Å²) in [4.78, 5) is 23.7. The normalized spacial score (nSPS) is 15.2. The van der Waals surface area contributed by atoms with E-state index in [-0.39, 0.29) is 17.1 Å². The maximum Gasteiger partial charge on any atom is 0.289 e. The van der Waals surface area contributed by atoms with E-state index in [1.807, 2.05) is 6.07 Å². The number of hydrogen-bond acceptors (Lipinski definition) is 5. The summed E-state index contributed by atoms with van der Waals surface area (Å²) in [5.74, 6) is -1.78. The molecule has 2 aliphatic rings. The topological polar surface area (TPSA) is 81.9 Å². The summed E-state index contributed by atoms with van der Waals surface area (Å²) in [7, 11) is 0. The van der Waals surface area contributed by atoms with Crippen molar-refractivity contribution in [2.75, 3.05) is 32.8 Å². The molecule has 6 nitrogen and oxygen atoms in total. The first-order valence-electron chi connectivity index (χ1n) is 10.3. The summed E-state index contributed by atoms with van der Waals surface area (Å²) in [5.41, 5.74) is 5.83. The molecule has 0 aliphatic carbocycles. The number of carbonyl (C=O) groups excluding carboxylic acids is 2. The van der Waals surface area contributed by atoms with Crippen LogP contribution in [0.1, 0.15) is 35.2 Å². The van der Waals surface area contributed by atoms with Crippen molar-refractivity contribution >= 4 is 11.7 Å². The second-order valence-corrected chi connectivity index (χ2v) is 7.45. The molecule has 0 spiro atoms. The lowest BCUT2D eigenvalue weighted by Gasteiger charge is -2.20. The standard InChI is InChI=1S/C15H20FNO2.C8H6FNO2/c16-13-10-12(4-3-7-17-5-1-2-6-17)11-14-15(13)19-9-8-18-14;9-6-3-1-5(2-4-6)7(11)8(10)12/h10-11H,1-9H2;1-4H,(H2,10,12). The first-order chi connectivity index (χ1) is 14.9. The van der Waals surface area contributed by atoms with Crippen LogP contribution in [0.25, 0.3) is 0 Å². The Labute approximate surface area is 179 Å². The minimum Gasteiger partial charge on any atom is -0.486 e. The lowest BCUT2D eigenvalue weighted by Crippen LogP contribution is -2.22. The van der Waals surface area contributed by atoms with Crippen molar-refractivity contribution in [1.29, 1.82) is 0 Å². The van der Waals surface area contributed by atoms with Crippen molar-refractivity contribution < 1.29 is 27.8 Å². The molecule has 2 aromatic rings. The first kappa shape index (κ1) is 22.7. The number of nitrogens with zero attached hydrogens (tertiary/aromatic N) is 1. The lowest BCUT2D eigenvalue weighted by molar-refractivity contribution is -0.114. The van der Waals surface area contributed by atoms with Crippen LogP contribution in [0.4, 0.5) is 8.78 Å². The van der Waals surface area contributed by atoms with Crippen LogP contribution in [0, 0.1) is 11.6 Å². The third-order valence-corrected chi connectivity index (χ3v) is 5.13. The Balaban J connectivity index is 0.000000196. The second kappa shape index (κ2) is 10.9. The molecular formula is C23H26F2N2O4. The third-order valence-electron chi connectivity index (χ3n) is 5.13. The predicted octanol–water partition coefficient (Wildman–Crippen LogP) is 3.12. The fraction of sp³-hybridized carbons (Fsp3) is 0.391. The van der Waals surface area contributed by atoms with E-state index in [2.05, 4.69) is 4.90 Å². The van der Waals surface area contributed by atoms with E-state index in [4.69, 9.17) is 15.2 Å². The molecule has 8 heteroatoms. The Morgan fingerprint density at radius 2 is 1.68 bits per heavy atom. The van der Waals surface area contributed by atoms with E-state index in [1.54, 1.807) is 6.07 Å². The summed E-state index contributed by atoms with van der Waals surface area (Å²) in [6.07, 6.45) is 4.60. The van der Waals surface area contributed by atoms with Gasteiger partial charge in [0, 0.05) is 5.56 Å². The molecule has 166 valence electrons. The first-order valence-corrected chi connectivity index (χ1v) is 10.3. The molecule has 0 saturated carbocycles. The second-order valence-electron chi connectivity index (χ2n) is 7.45. The maximum absolute atomic E-state index is 13.8. The molecule has 2 aliphatic heterocycles. The van der Waals surface area contributed by atoms with Crippen LogP contribution >= 0.6 is 0 Å². The number of hydrogen-bond donors (Lipinski definition) is 1. The predicted molar refractivity (Wildman–Crippen MR) is 111 cm³/mol. The monoisotopic (exact) mass is 432 g/mol. The molecule has 1 fully saturated rings. The third kappa shape index (κ3) is 6.49. The minimum absolute atomic E-state index is 0.101. The van der Waals surface area contributed by atoms with Crippen LogP contribution in [0.5, 0.6) is 11.5 Å². The van der Waals surface area contributed by atoms with Gasteiger partial charge in [-0.1, -0.05) is 0 Å². The van der Waals surface area contributed by atoms with E-state index in [0.29, 0.717) is 19.0 Å². The van der Waals surface area contributed by atoms with Crippen molar-refractivity contribution in [1.82, 2.24) is 4.90 Å². The summed E-state index contributed by atoms with van der Waals surface area (Å²) >= 11 is 0. The van der Waals surface area contributed by atoms with Gasteiger partial charge in [0.1, 0.15) is 19.0 Å². The molecule has 0 atom stereocenters. The minimum atomic E-state index is -1.04. The zero-order valence-corrected chi connectivity index (χ0v) is 17.2. The fourth-order valence-electron chi connectivity index (χ4n) is 3.57. The molecule has 4 rings (SSSR count).